The molecule has 0 spiro atoms. The number of ether oxygens (including phenoxy) is 1. The second-order valence-electron chi connectivity index (χ2n) is 4.02. The lowest BCUT2D eigenvalue weighted by atomic mass is 10.4. The maximum atomic E-state index is 11.9. The Bertz CT molecular complexity index is 536. The Kier molecular flexibility index (Phi) is 6.73. The first kappa shape index (κ1) is 16.7. The fourth-order valence-corrected chi connectivity index (χ4v) is 2.41. The van der Waals surface area contributed by atoms with Gasteiger partial charge >= 0.3 is 12.1 Å². The highest BCUT2D eigenvalue weighted by atomic mass is 32.2. The Morgan fingerprint density at radius 3 is 2.75 bits per heavy atom. The van der Waals surface area contributed by atoms with Gasteiger partial charge in [0.2, 0.25) is 4.80 Å². The van der Waals surface area contributed by atoms with Gasteiger partial charge < -0.3 is 9.64 Å². The number of hydrogen-bond acceptors (Lipinski definition) is 6. The molecule has 1 aromatic heterocycles. The third-order valence-corrected chi connectivity index (χ3v) is 4.07. The molecule has 0 unspecified atom stereocenters. The molecule has 1 aromatic rings. The number of nitrogens with zero attached hydrogens (tertiary/aromatic N) is 4. The zero-order chi connectivity index (χ0) is 15.1. The minimum atomic E-state index is -0.611. The summed E-state index contributed by atoms with van der Waals surface area (Å²) in [6.45, 7) is 2.34. The number of aromatic nitrogens is 2. The molecule has 0 aliphatic heterocycles. The fraction of sp³-hybridized carbons (Fsp3) is 0.636. The minimum Gasteiger partial charge on any atom is -0.448 e. The van der Waals surface area contributed by atoms with E-state index in [9.17, 15) is 9.59 Å². The van der Waals surface area contributed by atoms with E-state index in [0.29, 0.717) is 10.9 Å². The number of thioether (sulfide) groups is 1. The summed E-state index contributed by atoms with van der Waals surface area (Å²) in [5, 5.41) is 4.08. The Hall–Kier alpha value is -1.35. The second-order valence-corrected chi connectivity index (χ2v) is 6.03. The SMILES string of the molecule is CCCCOC(=O)n1nc(SC)sc1=NC(=O)N(C)C. The first-order chi connectivity index (χ1) is 9.49. The lowest BCUT2D eigenvalue weighted by molar-refractivity contribution is 0.141. The van der Waals surface area contributed by atoms with Gasteiger partial charge in [-0.2, -0.15) is 4.99 Å². The van der Waals surface area contributed by atoms with Gasteiger partial charge in [-0.05, 0) is 12.7 Å². The standard InChI is InChI=1S/C11H18N4O3S2/c1-5-6-7-18-11(17)15-9(12-8(16)14(2)3)20-10(13-15)19-4/h5-7H2,1-4H3. The predicted molar refractivity (Wildman–Crippen MR) is 78.2 cm³/mol. The summed E-state index contributed by atoms with van der Waals surface area (Å²) in [6, 6.07) is -0.448. The highest BCUT2D eigenvalue weighted by Gasteiger charge is 2.14. The van der Waals surface area contributed by atoms with Crippen molar-refractivity contribution in [3.05, 3.63) is 4.80 Å². The summed E-state index contributed by atoms with van der Waals surface area (Å²) in [7, 11) is 3.18. The minimum absolute atomic E-state index is 0.217. The zero-order valence-corrected chi connectivity index (χ0v) is 13.6. The third-order valence-electron chi connectivity index (χ3n) is 2.19. The molecule has 0 bridgehead atoms. The van der Waals surface area contributed by atoms with E-state index in [1.54, 1.807) is 14.1 Å². The molecule has 0 N–H and O–H groups in total. The van der Waals surface area contributed by atoms with Crippen molar-refractivity contribution in [1.29, 1.82) is 0 Å². The molecule has 0 fully saturated rings. The highest BCUT2D eigenvalue weighted by molar-refractivity contribution is 8.00. The first-order valence-electron chi connectivity index (χ1n) is 6.06. The molecule has 0 saturated carbocycles. The van der Waals surface area contributed by atoms with Gasteiger partial charge in [-0.15, -0.1) is 9.78 Å². The maximum absolute atomic E-state index is 11.9. The second kappa shape index (κ2) is 8.05. The monoisotopic (exact) mass is 318 g/mol. The van der Waals surface area contributed by atoms with E-state index in [0.717, 1.165) is 17.5 Å². The molecule has 0 radical (unpaired) electrons. The van der Waals surface area contributed by atoms with Gasteiger partial charge in [-0.25, -0.2) is 9.59 Å². The molecule has 1 rings (SSSR count). The smallest absolute Gasteiger partial charge is 0.437 e. The molecule has 7 nitrogen and oxygen atoms in total. The summed E-state index contributed by atoms with van der Waals surface area (Å²) in [5.74, 6) is 0. The van der Waals surface area contributed by atoms with Gasteiger partial charge in [0.15, 0.2) is 4.34 Å². The van der Waals surface area contributed by atoms with Gasteiger partial charge in [0.05, 0.1) is 6.61 Å². The van der Waals surface area contributed by atoms with E-state index < -0.39 is 12.1 Å². The van der Waals surface area contributed by atoms with E-state index in [1.165, 1.54) is 28.0 Å². The normalized spacial score (nSPS) is 11.5. The topological polar surface area (TPSA) is 76.8 Å². The maximum Gasteiger partial charge on any atom is 0.437 e. The molecular weight excluding hydrogens is 300 g/mol. The van der Waals surface area contributed by atoms with E-state index in [4.69, 9.17) is 4.74 Å². The van der Waals surface area contributed by atoms with Crippen LogP contribution in [-0.4, -0.2) is 53.8 Å². The number of unbranched alkanes of at least 4 members (excludes halogenated alkanes) is 1. The Morgan fingerprint density at radius 1 is 1.50 bits per heavy atom. The van der Waals surface area contributed by atoms with Crippen molar-refractivity contribution in [2.24, 2.45) is 4.99 Å². The van der Waals surface area contributed by atoms with Crippen LogP contribution in [0.15, 0.2) is 9.33 Å². The van der Waals surface area contributed by atoms with Gasteiger partial charge in [0.25, 0.3) is 0 Å². The van der Waals surface area contributed by atoms with Crippen LogP contribution >= 0.6 is 23.1 Å². The van der Waals surface area contributed by atoms with Crippen molar-refractivity contribution in [2.75, 3.05) is 27.0 Å². The average Bonchev–Trinajstić information content (AvgIpc) is 2.82. The largest absolute Gasteiger partial charge is 0.448 e. The summed E-state index contributed by atoms with van der Waals surface area (Å²) >= 11 is 2.55. The van der Waals surface area contributed by atoms with Crippen LogP contribution in [0.1, 0.15) is 19.8 Å². The van der Waals surface area contributed by atoms with E-state index >= 15 is 0 Å². The Balaban J connectivity index is 3.02. The number of carbonyl (C=O) groups is 2. The van der Waals surface area contributed by atoms with Crippen LogP contribution in [0, 0.1) is 0 Å². The number of hydrogen-bond donors (Lipinski definition) is 0. The molecular formula is C11H18N4O3S2. The van der Waals surface area contributed by atoms with Crippen molar-refractivity contribution >= 4 is 35.2 Å². The van der Waals surface area contributed by atoms with Crippen LogP contribution in [0.3, 0.4) is 0 Å². The molecule has 0 atom stereocenters. The van der Waals surface area contributed by atoms with Gasteiger partial charge in [0.1, 0.15) is 0 Å². The van der Waals surface area contributed by atoms with Crippen molar-refractivity contribution < 1.29 is 14.3 Å². The third kappa shape index (κ3) is 4.64. The quantitative estimate of drug-likeness (QED) is 0.627. The van der Waals surface area contributed by atoms with Crippen LogP contribution in [0.2, 0.25) is 0 Å². The average molecular weight is 318 g/mol. The van der Waals surface area contributed by atoms with Crippen molar-refractivity contribution in [2.45, 2.75) is 24.1 Å². The fourth-order valence-electron chi connectivity index (χ4n) is 1.08. The summed E-state index contributed by atoms with van der Waals surface area (Å²) in [5.41, 5.74) is 0. The zero-order valence-electron chi connectivity index (χ0n) is 12.0. The van der Waals surface area contributed by atoms with Crippen LogP contribution in [0.4, 0.5) is 9.59 Å². The lowest BCUT2D eigenvalue weighted by Gasteiger charge is -2.04. The summed E-state index contributed by atoms with van der Waals surface area (Å²) in [4.78, 5) is 28.9. The van der Waals surface area contributed by atoms with E-state index in [1.807, 2.05) is 13.2 Å². The van der Waals surface area contributed by atoms with Crippen LogP contribution < -0.4 is 4.80 Å². The molecule has 0 aliphatic carbocycles. The number of carbonyl (C=O) groups excluding carboxylic acids is 2. The summed E-state index contributed by atoms with van der Waals surface area (Å²) < 4.78 is 6.76. The number of urea groups is 1. The molecule has 1 heterocycles. The molecule has 20 heavy (non-hydrogen) atoms. The van der Waals surface area contributed by atoms with Crippen molar-refractivity contribution in [1.82, 2.24) is 14.7 Å². The van der Waals surface area contributed by atoms with Crippen molar-refractivity contribution in [3.63, 3.8) is 0 Å². The number of rotatable bonds is 4. The van der Waals surface area contributed by atoms with Gasteiger partial charge in [-0.1, -0.05) is 36.4 Å². The Morgan fingerprint density at radius 2 is 2.20 bits per heavy atom. The molecule has 0 aliphatic rings. The lowest BCUT2D eigenvalue weighted by Crippen LogP contribution is -2.29. The molecule has 0 aromatic carbocycles. The van der Waals surface area contributed by atoms with Crippen LogP contribution in [-0.2, 0) is 4.74 Å². The molecule has 2 amide bonds. The molecule has 0 saturated heterocycles. The van der Waals surface area contributed by atoms with E-state index in [2.05, 4.69) is 10.1 Å². The van der Waals surface area contributed by atoms with E-state index in [-0.39, 0.29) is 4.80 Å². The Labute approximate surface area is 125 Å². The highest BCUT2D eigenvalue weighted by Crippen LogP contribution is 2.13. The van der Waals surface area contributed by atoms with Gasteiger partial charge in [-0.3, -0.25) is 0 Å². The van der Waals surface area contributed by atoms with Crippen LogP contribution in [0.5, 0.6) is 0 Å². The van der Waals surface area contributed by atoms with Gasteiger partial charge in [0, 0.05) is 14.1 Å². The molecule has 9 heteroatoms. The predicted octanol–water partition coefficient (Wildman–Crippen LogP) is 2.03. The first-order valence-corrected chi connectivity index (χ1v) is 8.11. The van der Waals surface area contributed by atoms with Crippen molar-refractivity contribution in [3.8, 4) is 0 Å². The molecule has 112 valence electrons. The number of amides is 2. The summed E-state index contributed by atoms with van der Waals surface area (Å²) in [6.07, 6.45) is 2.94. The van der Waals surface area contributed by atoms with Crippen LogP contribution in [0.25, 0.3) is 0 Å².